The first kappa shape index (κ1) is 34.9. The summed E-state index contributed by atoms with van der Waals surface area (Å²) < 4.78 is 142. The van der Waals surface area contributed by atoms with E-state index in [-0.39, 0.29) is 18.4 Å². The molecule has 4 nitrogen and oxygen atoms in total. The largest absolute Gasteiger partial charge is 0.216 e. The topological polar surface area (TPSA) is 15.5 Å². The van der Waals surface area contributed by atoms with E-state index in [1.165, 1.54) is 41.6 Å². The lowest BCUT2D eigenvalue weighted by Gasteiger charge is -2.18. The Labute approximate surface area is 469 Å². The Morgan fingerprint density at radius 3 is 1.31 bits per heavy atom. The van der Waals surface area contributed by atoms with E-state index < -0.39 is 46.0 Å². The van der Waals surface area contributed by atoms with E-state index in [0.717, 1.165) is 86.3 Å². The molecular weight excluding hydrogens is 897 g/mol. The molecule has 0 amide bonds. The monoisotopic (exact) mass is 998 g/mol. The Kier molecular flexibility index (Phi) is 10.8. The third kappa shape index (κ3) is 11.6. The standard InChI is InChI=1S/2C18H22N.2C17H20N/c1-13-8-9-17(14(2)10-13)18-11-15-6-4-5-7-16(15)12-19(18)3;1-13-8-9-16(14(2)12-13)18-17-7-5-4-6-15(17)10-11-19(18)3;1-12-7-8-16(13(2)9-12)17-10-14-5-4-6-15(14)11-18(17)3;1-12-7-8-15(13(2)11-12)17-16-6-4-5-14(16)9-10-18(17)3/h2*8-12H,4-7H2,1-3H3;2*7-11H,4-6H2,1-3H3/q4*+1/i1D3,6D2;1D3,6D2,7D2;1D3,5D2;. The van der Waals surface area contributed by atoms with Crippen molar-refractivity contribution in [3.63, 3.8) is 0 Å². The van der Waals surface area contributed by atoms with Gasteiger partial charge in [-0.25, -0.2) is 18.3 Å². The highest BCUT2D eigenvalue weighted by atomic mass is 14.9. The highest BCUT2D eigenvalue weighted by Crippen LogP contribution is 2.34. The maximum Gasteiger partial charge on any atom is 0.216 e. The molecule has 4 aliphatic carbocycles. The van der Waals surface area contributed by atoms with Crippen LogP contribution >= 0.6 is 0 Å². The number of hydrogen-bond acceptors (Lipinski definition) is 0. The van der Waals surface area contributed by atoms with Crippen LogP contribution in [0.1, 0.15) is 151 Å². The average Bonchev–Trinajstić information content (AvgIpc) is 1.35. The second-order valence-electron chi connectivity index (χ2n) is 20.6. The molecule has 0 atom stereocenters. The van der Waals surface area contributed by atoms with Crippen molar-refractivity contribution in [2.75, 3.05) is 0 Å². The van der Waals surface area contributed by atoms with Crippen LogP contribution in [-0.2, 0) is 79.4 Å². The van der Waals surface area contributed by atoms with Crippen LogP contribution in [0.4, 0.5) is 0 Å². The molecule has 0 radical (unpaired) electrons. The van der Waals surface area contributed by atoms with E-state index in [4.69, 9.17) is 23.3 Å². The summed E-state index contributed by atoms with van der Waals surface area (Å²) in [5.41, 5.74) is 21.4. The smallest absolute Gasteiger partial charge is 0.201 e. The normalized spacial score (nSPS) is 20.6. The molecule has 0 unspecified atom stereocenters. The number of benzene rings is 4. The van der Waals surface area contributed by atoms with Gasteiger partial charge in [-0.3, -0.25) is 0 Å². The molecular formula is C70H84N4+4. The highest BCUT2D eigenvalue weighted by Gasteiger charge is 2.26. The maximum absolute atomic E-state index is 8.48. The van der Waals surface area contributed by atoms with Gasteiger partial charge in [0.25, 0.3) is 0 Å². The number of nitrogens with zero attached hydrogens (tertiary/aromatic N) is 4. The van der Waals surface area contributed by atoms with E-state index in [1.54, 1.807) is 84.4 Å². The predicted molar refractivity (Wildman–Crippen MR) is 307 cm³/mol. The van der Waals surface area contributed by atoms with Crippen LogP contribution in [0.15, 0.2) is 122 Å². The highest BCUT2D eigenvalue weighted by molar-refractivity contribution is 5.68. The van der Waals surface area contributed by atoms with Gasteiger partial charge in [0.05, 0.1) is 0 Å². The number of aromatic nitrogens is 4. The van der Waals surface area contributed by atoms with Crippen LogP contribution in [0.5, 0.6) is 0 Å². The summed E-state index contributed by atoms with van der Waals surface area (Å²) in [5.74, 6) is 0. The fourth-order valence-corrected chi connectivity index (χ4v) is 11.2. The van der Waals surface area contributed by atoms with Crippen molar-refractivity contribution >= 4 is 0 Å². The Hall–Kier alpha value is -6.52. The maximum atomic E-state index is 8.48. The summed E-state index contributed by atoms with van der Waals surface area (Å²) >= 11 is 0. The van der Waals surface area contributed by atoms with Crippen LogP contribution in [0.25, 0.3) is 45.0 Å². The van der Waals surface area contributed by atoms with Crippen molar-refractivity contribution in [1.29, 1.82) is 0 Å². The molecule has 0 aliphatic heterocycles. The van der Waals surface area contributed by atoms with Crippen molar-refractivity contribution in [2.24, 2.45) is 28.2 Å². The van der Waals surface area contributed by atoms with Gasteiger partial charge in [-0.2, -0.15) is 0 Å². The quantitative estimate of drug-likeness (QED) is 0.156. The van der Waals surface area contributed by atoms with Crippen LogP contribution in [-0.4, -0.2) is 0 Å². The zero-order valence-electron chi connectivity index (χ0n) is 61.9. The summed E-state index contributed by atoms with van der Waals surface area (Å²) in [6.07, 6.45) is 9.74. The molecule has 0 N–H and O–H groups in total. The average molecular weight is 999 g/mol. The first-order valence-electron chi connectivity index (χ1n) is 34.7. The zero-order chi connectivity index (χ0) is 66.9. The van der Waals surface area contributed by atoms with Crippen molar-refractivity contribution in [3.8, 4) is 45.0 Å². The number of rotatable bonds is 4. The lowest BCUT2D eigenvalue weighted by Crippen LogP contribution is -2.33. The summed E-state index contributed by atoms with van der Waals surface area (Å²) in [6.45, 7) is 3.55. The fraction of sp³-hybridized carbons (Fsp3) is 0.371. The molecule has 380 valence electrons. The first-order valence-corrected chi connectivity index (χ1v) is 26.2. The number of pyridine rings is 4. The summed E-state index contributed by atoms with van der Waals surface area (Å²) in [6, 6.07) is 29.8. The van der Waals surface area contributed by atoms with Crippen LogP contribution < -0.4 is 18.3 Å². The van der Waals surface area contributed by atoms with Crippen LogP contribution in [0.2, 0.25) is 0 Å². The van der Waals surface area contributed by atoms with E-state index in [2.05, 4.69) is 55.9 Å². The minimum Gasteiger partial charge on any atom is -0.201 e. The Balaban J connectivity index is 0.000000145. The first-order chi connectivity index (χ1) is 42.2. The molecule has 4 aliphatic rings. The van der Waals surface area contributed by atoms with Crippen LogP contribution in [0.3, 0.4) is 0 Å². The minimum absolute atomic E-state index is 0.108. The van der Waals surface area contributed by atoms with E-state index >= 15 is 0 Å². The van der Waals surface area contributed by atoms with Gasteiger partial charge in [-0.1, -0.05) is 70.8 Å². The lowest BCUT2D eigenvalue weighted by molar-refractivity contribution is -0.661. The van der Waals surface area contributed by atoms with E-state index in [9.17, 15) is 0 Å². The molecule has 4 heterocycles. The predicted octanol–water partition coefficient (Wildman–Crippen LogP) is 13.9. The van der Waals surface area contributed by atoms with Gasteiger partial charge in [0.15, 0.2) is 24.8 Å². The van der Waals surface area contributed by atoms with Crippen LogP contribution in [0, 0.1) is 55.2 Å². The Bertz CT molecular complexity index is 4100. The van der Waals surface area contributed by atoms with E-state index in [0.29, 0.717) is 40.8 Å². The molecule has 0 bridgehead atoms. The molecule has 0 spiro atoms. The molecule has 0 saturated carbocycles. The van der Waals surface area contributed by atoms with Gasteiger partial charge >= 0.3 is 0 Å². The van der Waals surface area contributed by atoms with Crippen molar-refractivity contribution in [2.45, 2.75) is 145 Å². The third-order valence-corrected chi connectivity index (χ3v) is 14.9. The zero-order valence-corrected chi connectivity index (χ0v) is 44.9. The molecule has 0 fully saturated rings. The summed E-state index contributed by atoms with van der Waals surface area (Å²) in [5, 5.41) is 0. The van der Waals surface area contributed by atoms with E-state index in [1.807, 2.05) is 73.7 Å². The van der Waals surface area contributed by atoms with Crippen molar-refractivity contribution in [3.05, 3.63) is 211 Å². The van der Waals surface area contributed by atoms with Crippen molar-refractivity contribution < 1.29 is 41.6 Å². The van der Waals surface area contributed by atoms with Crippen molar-refractivity contribution in [1.82, 2.24) is 0 Å². The summed E-state index contributed by atoms with van der Waals surface area (Å²) in [4.78, 5) is 0. The van der Waals surface area contributed by atoms with Gasteiger partial charge in [-0.05, 0) is 214 Å². The lowest BCUT2D eigenvalue weighted by atomic mass is 9.87. The fourth-order valence-electron chi connectivity index (χ4n) is 11.2. The third-order valence-electron chi connectivity index (χ3n) is 14.9. The molecule has 4 heteroatoms. The molecule has 12 rings (SSSR count). The SMILES string of the molecule is Cc1ccc(-c2c3c(cc[n+]2C)CCC3)c(C)c1.[2H]C([2H])([2H])c1ccc(-c2c3c(cc[n+]2C)C([2H])([2H])CCC3([2H])[2H])c(C)c1.[2H]C([2H])([2H])c1ccc(-c2cc3c(c[n+]2C)CCC3([2H])[2H])c(C)c1.[2H]C([2H])([2H])c1ccc(-c2cc3c(c[n+]2C)CCCC3([2H])[2H])c(C)c1. The van der Waals surface area contributed by atoms with Gasteiger partial charge in [0.1, 0.15) is 28.2 Å². The minimum atomic E-state index is -2.20. The van der Waals surface area contributed by atoms with Gasteiger partial charge in [-0.15, -0.1) is 0 Å². The molecule has 4 aromatic carbocycles. The second kappa shape index (κ2) is 22.9. The number of hydrogen-bond donors (Lipinski definition) is 0. The van der Waals surface area contributed by atoms with Gasteiger partial charge < -0.3 is 0 Å². The van der Waals surface area contributed by atoms with Gasteiger partial charge in [0.2, 0.25) is 22.8 Å². The van der Waals surface area contributed by atoms with Gasteiger partial charge in [0, 0.05) is 92.1 Å². The number of fused-ring (bicyclic) bond motifs is 4. The molecule has 8 aromatic rings. The Morgan fingerprint density at radius 1 is 0.351 bits per heavy atom. The second-order valence-corrected chi connectivity index (χ2v) is 20.6. The molecule has 0 saturated heterocycles. The molecule has 74 heavy (non-hydrogen) atoms. The molecule has 4 aromatic heterocycles. The Morgan fingerprint density at radius 2 is 0.770 bits per heavy atom. The summed E-state index contributed by atoms with van der Waals surface area (Å²) in [7, 11) is 7.86. The number of aryl methyl sites for hydroxylation is 18.